The maximum atomic E-state index is 12.2. The highest BCUT2D eigenvalue weighted by Gasteiger charge is 2.39. The number of fused-ring (bicyclic) bond motifs is 3. The van der Waals surface area contributed by atoms with Gasteiger partial charge in [0.15, 0.2) is 5.82 Å². The molecular weight excluding hydrogens is 280 g/mol. The second-order valence-electron chi connectivity index (χ2n) is 4.71. The molecule has 1 atom stereocenters. The summed E-state index contributed by atoms with van der Waals surface area (Å²) in [5, 5.41) is 3.26. The number of halogens is 1. The number of pyridine rings is 1. The lowest BCUT2D eigenvalue weighted by Gasteiger charge is -2.43. The topological polar surface area (TPSA) is 65.5 Å². The average molecular weight is 293 g/mol. The number of carbonyl (C=O) groups excluding carboxylic acids is 2. The minimum atomic E-state index is -0.422. The van der Waals surface area contributed by atoms with Crippen molar-refractivity contribution >= 4 is 34.9 Å². The van der Waals surface area contributed by atoms with Gasteiger partial charge in [0.25, 0.3) is 0 Å². The Bertz CT molecular complexity index is 604. The van der Waals surface area contributed by atoms with Gasteiger partial charge in [-0.05, 0) is 12.1 Å². The van der Waals surface area contributed by atoms with Gasteiger partial charge in [-0.15, -0.1) is 0 Å². The monoisotopic (exact) mass is 292 g/mol. The lowest BCUT2D eigenvalue weighted by Crippen LogP contribution is -2.61. The molecule has 104 valence electrons. The van der Waals surface area contributed by atoms with E-state index >= 15 is 0 Å². The van der Waals surface area contributed by atoms with Crippen LogP contribution in [0.25, 0.3) is 0 Å². The Hall–Kier alpha value is -2.08. The quantitative estimate of drug-likeness (QED) is 0.781. The molecule has 2 amide bonds. The molecule has 0 aromatic carbocycles. The zero-order valence-electron chi connectivity index (χ0n) is 10.7. The number of anilines is 2. The van der Waals surface area contributed by atoms with E-state index in [1.165, 1.54) is 6.08 Å². The van der Waals surface area contributed by atoms with Gasteiger partial charge in [0, 0.05) is 19.3 Å². The van der Waals surface area contributed by atoms with E-state index in [0.717, 1.165) is 0 Å². The number of nitrogens with zero attached hydrogens (tertiary/aromatic N) is 3. The van der Waals surface area contributed by atoms with Gasteiger partial charge in [-0.1, -0.05) is 18.2 Å². The molecule has 6 nitrogen and oxygen atoms in total. The highest BCUT2D eigenvalue weighted by Crippen LogP contribution is 2.33. The molecule has 2 aliphatic heterocycles. The third-order valence-electron chi connectivity index (χ3n) is 3.53. The Morgan fingerprint density at radius 2 is 2.35 bits per heavy atom. The van der Waals surface area contributed by atoms with Crippen LogP contribution in [0, 0.1) is 0 Å². The molecule has 1 fully saturated rings. The Labute approximate surface area is 121 Å². The Balaban J connectivity index is 1.91. The summed E-state index contributed by atoms with van der Waals surface area (Å²) in [4.78, 5) is 31.7. The van der Waals surface area contributed by atoms with Crippen LogP contribution in [0.1, 0.15) is 0 Å². The number of carbonyl (C=O) groups is 2. The normalized spacial score (nSPS) is 20.9. The SMILES string of the molecule is C=CC(=O)N1CCN2c3ncc(Cl)cc3NC(=O)[C@H]2C1. The van der Waals surface area contributed by atoms with Crippen LogP contribution in [0.5, 0.6) is 0 Å². The van der Waals surface area contributed by atoms with E-state index < -0.39 is 6.04 Å². The van der Waals surface area contributed by atoms with Crippen molar-refractivity contribution in [2.24, 2.45) is 0 Å². The van der Waals surface area contributed by atoms with Crippen LogP contribution in [0.2, 0.25) is 5.02 Å². The van der Waals surface area contributed by atoms with Crippen LogP contribution in [0.4, 0.5) is 11.5 Å². The number of aromatic nitrogens is 1. The van der Waals surface area contributed by atoms with Crippen molar-refractivity contribution in [3.63, 3.8) is 0 Å². The van der Waals surface area contributed by atoms with Crippen molar-refractivity contribution in [2.75, 3.05) is 29.9 Å². The molecular formula is C13H13ClN4O2. The predicted octanol–water partition coefficient (Wildman–Crippen LogP) is 0.890. The standard InChI is InChI=1S/C13H13ClN4O2/c1-2-11(19)17-3-4-18-10(7-17)13(20)16-9-5-8(14)6-15-12(9)18/h2,5-6,10H,1,3-4,7H2,(H,16,20)/t10-/m1/s1. The van der Waals surface area contributed by atoms with Gasteiger partial charge >= 0.3 is 0 Å². The Morgan fingerprint density at radius 3 is 3.10 bits per heavy atom. The van der Waals surface area contributed by atoms with Gasteiger partial charge in [0.05, 0.1) is 17.3 Å². The van der Waals surface area contributed by atoms with Gasteiger partial charge in [-0.2, -0.15) is 0 Å². The third kappa shape index (κ3) is 2.02. The third-order valence-corrected chi connectivity index (χ3v) is 3.74. The molecule has 1 aromatic heterocycles. The number of nitrogens with one attached hydrogen (secondary N) is 1. The second kappa shape index (κ2) is 4.79. The summed E-state index contributed by atoms with van der Waals surface area (Å²) in [6.07, 6.45) is 2.82. The van der Waals surface area contributed by atoms with Crippen molar-refractivity contribution in [1.29, 1.82) is 0 Å². The summed E-state index contributed by atoms with van der Waals surface area (Å²) in [5.74, 6) is 0.389. The lowest BCUT2D eigenvalue weighted by molar-refractivity contribution is -0.128. The molecule has 1 saturated heterocycles. The van der Waals surface area contributed by atoms with Crippen molar-refractivity contribution in [3.8, 4) is 0 Å². The van der Waals surface area contributed by atoms with E-state index in [4.69, 9.17) is 11.6 Å². The zero-order valence-corrected chi connectivity index (χ0v) is 11.4. The molecule has 0 unspecified atom stereocenters. The van der Waals surface area contributed by atoms with E-state index in [1.807, 2.05) is 4.90 Å². The van der Waals surface area contributed by atoms with E-state index in [2.05, 4.69) is 16.9 Å². The fourth-order valence-corrected chi connectivity index (χ4v) is 2.72. The molecule has 0 radical (unpaired) electrons. The van der Waals surface area contributed by atoms with Gasteiger partial charge in [-0.25, -0.2) is 4.98 Å². The predicted molar refractivity (Wildman–Crippen MR) is 75.8 cm³/mol. The molecule has 1 N–H and O–H groups in total. The van der Waals surface area contributed by atoms with Gasteiger partial charge in [-0.3, -0.25) is 9.59 Å². The van der Waals surface area contributed by atoms with Crippen LogP contribution in [-0.2, 0) is 9.59 Å². The Kier molecular flexibility index (Phi) is 3.10. The van der Waals surface area contributed by atoms with Crippen molar-refractivity contribution in [3.05, 3.63) is 29.9 Å². The Morgan fingerprint density at radius 1 is 1.55 bits per heavy atom. The van der Waals surface area contributed by atoms with Crippen LogP contribution in [0.15, 0.2) is 24.9 Å². The molecule has 20 heavy (non-hydrogen) atoms. The maximum Gasteiger partial charge on any atom is 0.249 e. The smallest absolute Gasteiger partial charge is 0.249 e. The first-order chi connectivity index (χ1) is 9.60. The highest BCUT2D eigenvalue weighted by molar-refractivity contribution is 6.31. The number of rotatable bonds is 1. The summed E-state index contributed by atoms with van der Waals surface area (Å²) < 4.78 is 0. The van der Waals surface area contributed by atoms with E-state index in [1.54, 1.807) is 17.2 Å². The average Bonchev–Trinajstić information content (AvgIpc) is 2.46. The minimum absolute atomic E-state index is 0.150. The van der Waals surface area contributed by atoms with Crippen molar-refractivity contribution in [1.82, 2.24) is 9.88 Å². The van der Waals surface area contributed by atoms with Crippen molar-refractivity contribution < 1.29 is 9.59 Å². The summed E-state index contributed by atoms with van der Waals surface area (Å²) in [5.41, 5.74) is 0.613. The molecule has 1 aromatic rings. The molecule has 7 heteroatoms. The van der Waals surface area contributed by atoms with Gasteiger partial charge in [0.2, 0.25) is 11.8 Å². The molecule has 2 aliphatic rings. The van der Waals surface area contributed by atoms with E-state index in [9.17, 15) is 9.59 Å². The van der Waals surface area contributed by atoms with Crippen LogP contribution < -0.4 is 10.2 Å². The van der Waals surface area contributed by atoms with Crippen molar-refractivity contribution in [2.45, 2.75) is 6.04 Å². The summed E-state index contributed by atoms with van der Waals surface area (Å²) in [7, 11) is 0. The molecule has 0 saturated carbocycles. The number of hydrogen-bond acceptors (Lipinski definition) is 4. The second-order valence-corrected chi connectivity index (χ2v) is 5.15. The van der Waals surface area contributed by atoms with E-state index in [-0.39, 0.29) is 11.8 Å². The first-order valence-corrected chi connectivity index (χ1v) is 6.62. The molecule has 3 heterocycles. The fraction of sp³-hybridized carbons (Fsp3) is 0.308. The van der Waals surface area contributed by atoms with Gasteiger partial charge < -0.3 is 15.1 Å². The van der Waals surface area contributed by atoms with Crippen LogP contribution in [0.3, 0.4) is 0 Å². The fourth-order valence-electron chi connectivity index (χ4n) is 2.56. The summed E-state index contributed by atoms with van der Waals surface area (Å²) >= 11 is 5.89. The van der Waals surface area contributed by atoms with E-state index in [0.29, 0.717) is 36.2 Å². The molecule has 3 rings (SSSR count). The van der Waals surface area contributed by atoms with Crippen LogP contribution >= 0.6 is 11.6 Å². The first kappa shape index (κ1) is 12.9. The van der Waals surface area contributed by atoms with Crippen LogP contribution in [-0.4, -0.2) is 47.4 Å². The number of piperazine rings is 1. The summed E-state index contributed by atoms with van der Waals surface area (Å²) in [6, 6.07) is 1.26. The zero-order chi connectivity index (χ0) is 14.3. The number of amides is 2. The lowest BCUT2D eigenvalue weighted by atomic mass is 10.1. The molecule has 0 aliphatic carbocycles. The highest BCUT2D eigenvalue weighted by atomic mass is 35.5. The number of hydrogen-bond donors (Lipinski definition) is 1. The molecule has 0 spiro atoms. The van der Waals surface area contributed by atoms with Gasteiger partial charge in [0.1, 0.15) is 6.04 Å². The largest absolute Gasteiger partial charge is 0.339 e. The first-order valence-electron chi connectivity index (χ1n) is 6.24. The minimum Gasteiger partial charge on any atom is -0.339 e. The molecule has 0 bridgehead atoms. The summed E-state index contributed by atoms with van der Waals surface area (Å²) in [6.45, 7) is 4.90. The maximum absolute atomic E-state index is 12.2.